The van der Waals surface area contributed by atoms with Crippen molar-refractivity contribution >= 4 is 0 Å². The van der Waals surface area contributed by atoms with Gasteiger partial charge in [0.2, 0.25) is 0 Å². The van der Waals surface area contributed by atoms with Crippen molar-refractivity contribution < 1.29 is 24.4 Å². The van der Waals surface area contributed by atoms with Crippen molar-refractivity contribution in [2.45, 2.75) is 50.5 Å². The fourth-order valence-electron chi connectivity index (χ4n) is 2.10. The van der Waals surface area contributed by atoms with Gasteiger partial charge in [-0.15, -0.1) is 0 Å². The molecule has 3 unspecified atom stereocenters. The van der Waals surface area contributed by atoms with Crippen LogP contribution >= 0.6 is 0 Å². The summed E-state index contributed by atoms with van der Waals surface area (Å²) in [5, 5.41) is 18.9. The maximum Gasteiger partial charge on any atom is 0.152 e. The van der Waals surface area contributed by atoms with E-state index in [1.807, 2.05) is 0 Å². The van der Waals surface area contributed by atoms with Crippen LogP contribution in [0.4, 0.5) is 0 Å². The number of ether oxygens (including phenoxy) is 3. The number of aliphatic hydroxyl groups is 2. The third kappa shape index (κ3) is 3.02. The van der Waals surface area contributed by atoms with Gasteiger partial charge >= 0.3 is 0 Å². The van der Waals surface area contributed by atoms with Gasteiger partial charge in [0.15, 0.2) is 6.29 Å². The van der Waals surface area contributed by atoms with Gasteiger partial charge in [0.05, 0.1) is 24.4 Å². The van der Waals surface area contributed by atoms with E-state index in [4.69, 9.17) is 14.2 Å². The number of hydrogen-bond acceptors (Lipinski definition) is 5. The van der Waals surface area contributed by atoms with Gasteiger partial charge in [-0.1, -0.05) is 12.2 Å². The summed E-state index contributed by atoms with van der Waals surface area (Å²) in [5.41, 5.74) is 0. The molecule has 0 aromatic heterocycles. The van der Waals surface area contributed by atoms with Crippen LogP contribution in [0.5, 0.6) is 0 Å². The lowest BCUT2D eigenvalue weighted by Crippen LogP contribution is -2.33. The highest BCUT2D eigenvalue weighted by molar-refractivity contribution is 5.00. The maximum absolute atomic E-state index is 9.67. The largest absolute Gasteiger partial charge is 0.389 e. The van der Waals surface area contributed by atoms with Crippen LogP contribution in [0.2, 0.25) is 0 Å². The Hall–Kier alpha value is -0.460. The first-order valence-corrected chi connectivity index (χ1v) is 5.58. The minimum Gasteiger partial charge on any atom is -0.389 e. The van der Waals surface area contributed by atoms with Gasteiger partial charge in [-0.2, -0.15) is 0 Å². The highest BCUT2D eigenvalue weighted by Gasteiger charge is 2.34. The van der Waals surface area contributed by atoms with Gasteiger partial charge < -0.3 is 24.4 Å². The van der Waals surface area contributed by atoms with E-state index in [0.717, 1.165) is 0 Å². The van der Waals surface area contributed by atoms with Gasteiger partial charge in [0.1, 0.15) is 6.79 Å². The van der Waals surface area contributed by atoms with Crippen LogP contribution in [0.1, 0.15) is 19.8 Å². The van der Waals surface area contributed by atoms with E-state index in [9.17, 15) is 10.2 Å². The Morgan fingerprint density at radius 1 is 1.25 bits per heavy atom. The molecule has 1 heterocycles. The Labute approximate surface area is 94.6 Å². The van der Waals surface area contributed by atoms with Crippen molar-refractivity contribution in [3.63, 3.8) is 0 Å². The van der Waals surface area contributed by atoms with Crippen LogP contribution < -0.4 is 0 Å². The van der Waals surface area contributed by atoms with Crippen molar-refractivity contribution in [2.75, 3.05) is 6.79 Å². The Bertz CT molecular complexity index is 253. The molecule has 0 saturated carbocycles. The quantitative estimate of drug-likeness (QED) is 0.522. The number of aliphatic hydroxyl groups excluding tert-OH is 2. The lowest BCUT2D eigenvalue weighted by Gasteiger charge is -2.25. The zero-order chi connectivity index (χ0) is 11.5. The first-order chi connectivity index (χ1) is 7.65. The first kappa shape index (κ1) is 12.0. The molecular weight excluding hydrogens is 212 g/mol. The Kier molecular flexibility index (Phi) is 3.94. The van der Waals surface area contributed by atoms with Crippen molar-refractivity contribution in [2.24, 2.45) is 0 Å². The minimum atomic E-state index is -0.827. The van der Waals surface area contributed by atoms with Crippen LogP contribution in [0.15, 0.2) is 12.2 Å². The smallest absolute Gasteiger partial charge is 0.152 e. The summed E-state index contributed by atoms with van der Waals surface area (Å²) in [6.45, 7) is 1.83. The van der Waals surface area contributed by atoms with Crippen molar-refractivity contribution in [3.05, 3.63) is 12.2 Å². The van der Waals surface area contributed by atoms with Gasteiger partial charge in [-0.3, -0.25) is 0 Å². The molecule has 0 radical (unpaired) electrons. The molecule has 2 rings (SSSR count). The molecular formula is C11H18O5. The van der Waals surface area contributed by atoms with Crippen LogP contribution in [0, 0.1) is 0 Å². The zero-order valence-electron chi connectivity index (χ0n) is 9.28. The molecule has 2 aliphatic rings. The molecule has 1 saturated heterocycles. The summed E-state index contributed by atoms with van der Waals surface area (Å²) >= 11 is 0. The molecule has 1 fully saturated rings. The van der Waals surface area contributed by atoms with E-state index in [1.54, 1.807) is 19.1 Å². The number of fused-ring (bicyclic) bond motifs is 1. The van der Waals surface area contributed by atoms with E-state index in [1.165, 1.54) is 0 Å². The molecule has 5 heteroatoms. The molecule has 1 aliphatic carbocycles. The predicted molar refractivity (Wildman–Crippen MR) is 55.5 cm³/mol. The van der Waals surface area contributed by atoms with Gasteiger partial charge in [-0.25, -0.2) is 0 Å². The van der Waals surface area contributed by atoms with Gasteiger partial charge in [0.25, 0.3) is 0 Å². The van der Waals surface area contributed by atoms with Crippen LogP contribution in [-0.2, 0) is 14.2 Å². The van der Waals surface area contributed by atoms with E-state index in [-0.39, 0.29) is 25.1 Å². The maximum atomic E-state index is 9.67. The molecule has 16 heavy (non-hydrogen) atoms. The molecule has 0 bridgehead atoms. The van der Waals surface area contributed by atoms with Crippen molar-refractivity contribution in [1.29, 1.82) is 0 Å². The van der Waals surface area contributed by atoms with E-state index >= 15 is 0 Å². The summed E-state index contributed by atoms with van der Waals surface area (Å²) in [6, 6.07) is 0. The van der Waals surface area contributed by atoms with Gasteiger partial charge in [0, 0.05) is 12.8 Å². The first-order valence-electron chi connectivity index (χ1n) is 5.58. The summed E-state index contributed by atoms with van der Waals surface area (Å²) in [5.74, 6) is 0. The third-order valence-corrected chi connectivity index (χ3v) is 2.84. The molecule has 92 valence electrons. The fourth-order valence-corrected chi connectivity index (χ4v) is 2.10. The molecule has 0 aromatic rings. The number of rotatable bonds is 2. The summed E-state index contributed by atoms with van der Waals surface area (Å²) in [6.07, 6.45) is 2.87. The monoisotopic (exact) mass is 230 g/mol. The van der Waals surface area contributed by atoms with Crippen LogP contribution in [-0.4, -0.2) is 47.7 Å². The summed E-state index contributed by atoms with van der Waals surface area (Å²) in [4.78, 5) is 0. The van der Waals surface area contributed by atoms with Crippen molar-refractivity contribution in [3.8, 4) is 0 Å². The third-order valence-electron chi connectivity index (χ3n) is 2.84. The molecule has 0 amide bonds. The topological polar surface area (TPSA) is 68.2 Å². The lowest BCUT2D eigenvalue weighted by molar-refractivity contribution is -0.120. The molecule has 0 spiro atoms. The average Bonchev–Trinajstić information content (AvgIpc) is 2.58. The van der Waals surface area contributed by atoms with E-state index in [0.29, 0.717) is 12.8 Å². The summed E-state index contributed by atoms with van der Waals surface area (Å²) < 4.78 is 16.1. The molecule has 2 N–H and O–H groups in total. The molecule has 5 nitrogen and oxygen atoms in total. The van der Waals surface area contributed by atoms with Gasteiger partial charge in [-0.05, 0) is 6.92 Å². The Morgan fingerprint density at radius 2 is 1.94 bits per heavy atom. The second-order valence-corrected chi connectivity index (χ2v) is 4.23. The standard InChI is InChI=1S/C11H18O5/c1-7(12)16-9-3-2-8(13)4-10-11(5-9)15-6-14-10/h2-3,7-13H,4-6H2,1H3/b3-2+/t7?,8?,9?,10-,11+/m1/s1. The number of hydrogen-bond donors (Lipinski definition) is 2. The molecule has 1 aliphatic heterocycles. The van der Waals surface area contributed by atoms with Crippen molar-refractivity contribution in [1.82, 2.24) is 0 Å². The van der Waals surface area contributed by atoms with E-state index in [2.05, 4.69) is 0 Å². The van der Waals surface area contributed by atoms with Crippen LogP contribution in [0.25, 0.3) is 0 Å². The highest BCUT2D eigenvalue weighted by atomic mass is 16.7. The lowest BCUT2D eigenvalue weighted by atomic mass is 9.97. The summed E-state index contributed by atoms with van der Waals surface area (Å²) in [7, 11) is 0. The fraction of sp³-hybridized carbons (Fsp3) is 0.818. The second-order valence-electron chi connectivity index (χ2n) is 4.23. The Morgan fingerprint density at radius 3 is 2.62 bits per heavy atom. The Balaban J connectivity index is 2.03. The average molecular weight is 230 g/mol. The molecule has 0 aromatic carbocycles. The molecule has 5 atom stereocenters. The minimum absolute atomic E-state index is 0.0663. The zero-order valence-corrected chi connectivity index (χ0v) is 9.28. The second kappa shape index (κ2) is 5.25. The van der Waals surface area contributed by atoms with Crippen LogP contribution in [0.3, 0.4) is 0 Å². The predicted octanol–water partition coefficient (Wildman–Crippen LogP) is 0.162. The normalized spacial score (nSPS) is 43.2. The van der Waals surface area contributed by atoms with E-state index < -0.39 is 12.4 Å². The SMILES string of the molecule is CC(O)OC1/C=C/C(O)C[C@H]2OCO[C@H]2C1. The highest BCUT2D eigenvalue weighted by Crippen LogP contribution is 2.25.